The maximum Gasteiger partial charge on any atom is 0.335 e. The Bertz CT molecular complexity index is 2220. The average Bonchev–Trinajstić information content (AvgIpc) is 3.15. The van der Waals surface area contributed by atoms with E-state index in [4.69, 9.17) is 9.47 Å². The average molecular weight is 798 g/mol. The van der Waals surface area contributed by atoms with E-state index in [0.29, 0.717) is 23.4 Å². The lowest BCUT2D eigenvalue weighted by Crippen LogP contribution is -2.24. The number of unbranched alkanes of at least 4 members (excludes halogenated alkanes) is 13. The minimum Gasteiger partial charge on any atom is -0.496 e. The number of aromatic nitrogens is 1. The number of methoxy groups -OCH3 is 1. The summed E-state index contributed by atoms with van der Waals surface area (Å²) in [6, 6.07) is 14.7. The van der Waals surface area contributed by atoms with Crippen LogP contribution in [0.25, 0.3) is 22.2 Å². The molecule has 0 unspecified atom stereocenters. The van der Waals surface area contributed by atoms with Gasteiger partial charge in [-0.2, -0.15) is 26.8 Å². The Hall–Kier alpha value is -4.40. The molecule has 3 aromatic carbocycles. The molecular formula is C41H55N3O9S2. The number of fused-ring (bicyclic) bond motifs is 1. The van der Waals surface area contributed by atoms with Crippen LogP contribution in [0.2, 0.25) is 0 Å². The van der Waals surface area contributed by atoms with Gasteiger partial charge in [0.2, 0.25) is 0 Å². The minimum absolute atomic E-state index is 0.0187. The fraction of sp³-hybridized carbons (Fsp3) is 0.463. The lowest BCUT2D eigenvalue weighted by molar-refractivity contribution is 0.0696. The summed E-state index contributed by atoms with van der Waals surface area (Å²) < 4.78 is 74.7. The zero-order valence-electron chi connectivity index (χ0n) is 32.3. The van der Waals surface area contributed by atoms with E-state index in [-0.39, 0.29) is 28.7 Å². The van der Waals surface area contributed by atoms with Crippen LogP contribution in [0.4, 0.5) is 0 Å². The number of hydrogen-bond acceptors (Lipinski definition) is 8. The largest absolute Gasteiger partial charge is 0.496 e. The Morgan fingerprint density at radius 2 is 1.38 bits per heavy atom. The highest BCUT2D eigenvalue weighted by Crippen LogP contribution is 2.29. The molecule has 300 valence electrons. The number of benzene rings is 3. The Balaban J connectivity index is 1.51. The van der Waals surface area contributed by atoms with Crippen LogP contribution in [0, 0.1) is 6.92 Å². The molecule has 0 amide bonds. The van der Waals surface area contributed by atoms with Crippen LogP contribution in [0.1, 0.15) is 113 Å². The number of aryl methyl sites for hydroxylation is 2. The van der Waals surface area contributed by atoms with Crippen LogP contribution in [-0.4, -0.2) is 50.7 Å². The molecule has 0 aliphatic heterocycles. The monoisotopic (exact) mass is 797 g/mol. The van der Waals surface area contributed by atoms with Gasteiger partial charge in [-0.15, -0.1) is 0 Å². The fourth-order valence-corrected chi connectivity index (χ4v) is 8.12. The second kappa shape index (κ2) is 20.5. The fourth-order valence-electron chi connectivity index (χ4n) is 6.62. The van der Waals surface area contributed by atoms with Gasteiger partial charge >= 0.3 is 5.97 Å². The first-order chi connectivity index (χ1) is 26.3. The third kappa shape index (κ3) is 12.3. The molecule has 0 fully saturated rings. The summed E-state index contributed by atoms with van der Waals surface area (Å²) in [6.45, 7) is 4.36. The summed E-state index contributed by atoms with van der Waals surface area (Å²) in [5.41, 5.74) is 2.44. The maximum atomic E-state index is 13.8. The lowest BCUT2D eigenvalue weighted by atomic mass is 10.0. The molecule has 0 atom stereocenters. The van der Waals surface area contributed by atoms with E-state index < -0.39 is 35.9 Å². The molecule has 1 aromatic heterocycles. The summed E-state index contributed by atoms with van der Waals surface area (Å²) in [7, 11) is -5.80. The molecule has 0 aliphatic rings. The molecule has 0 aliphatic carbocycles. The number of rotatable bonds is 23. The molecule has 0 radical (unpaired) electrons. The van der Waals surface area contributed by atoms with Gasteiger partial charge in [-0.3, -0.25) is 4.55 Å². The minimum atomic E-state index is -4.61. The number of nitrogens with one attached hydrogen (secondary N) is 1. The zero-order chi connectivity index (χ0) is 40.0. The lowest BCUT2D eigenvalue weighted by Gasteiger charge is -2.16. The molecule has 0 spiro atoms. The van der Waals surface area contributed by atoms with Crippen LogP contribution in [0.15, 0.2) is 75.6 Å². The number of aromatic carboxylic acids is 1. The summed E-state index contributed by atoms with van der Waals surface area (Å²) in [5.74, 6) is -0.658. The molecular weight excluding hydrogens is 743 g/mol. The van der Waals surface area contributed by atoms with Crippen LogP contribution in [0.5, 0.6) is 11.5 Å². The number of hydrogen-bond donors (Lipinski definition) is 3. The second-order valence-electron chi connectivity index (χ2n) is 13.9. The Labute approximate surface area is 325 Å². The molecule has 12 nitrogen and oxygen atoms in total. The van der Waals surface area contributed by atoms with Gasteiger partial charge < -0.3 is 19.1 Å². The molecule has 0 saturated carbocycles. The van der Waals surface area contributed by atoms with E-state index in [2.05, 4.69) is 16.9 Å². The van der Waals surface area contributed by atoms with Crippen LogP contribution in [0.3, 0.4) is 0 Å². The zero-order valence-corrected chi connectivity index (χ0v) is 34.0. The van der Waals surface area contributed by atoms with E-state index in [0.717, 1.165) is 36.5 Å². The molecule has 0 saturated heterocycles. The quantitative estimate of drug-likeness (QED) is 0.0377. The third-order valence-electron chi connectivity index (χ3n) is 9.75. The van der Waals surface area contributed by atoms with Crippen molar-refractivity contribution in [2.75, 3.05) is 13.7 Å². The van der Waals surface area contributed by atoms with E-state index >= 15 is 0 Å². The number of pyridine rings is 1. The Morgan fingerprint density at radius 1 is 0.782 bits per heavy atom. The standard InChI is InChI=1S/C41H55N3O9S2/c1-5-6-7-8-9-10-11-12-13-14-15-16-17-18-25-53-39-24-20-32(41(45)46)27-40(39)54(47,48)43-42-35-29-37(31-19-23-38(52-4)30(2)26-31)44(3)36-22-21-33(28-34(35)36)55(49,50)51/h19-24,26-29,43H,5-18,25H2,1-4H3,(H,45,46)(H,49,50,51)/b42-35-. The summed E-state index contributed by atoms with van der Waals surface area (Å²) in [6.07, 6.45) is 16.8. The Morgan fingerprint density at radius 3 is 1.95 bits per heavy atom. The van der Waals surface area contributed by atoms with Gasteiger partial charge in [-0.1, -0.05) is 90.4 Å². The SMILES string of the molecule is CCCCCCCCCCCCCCCCOc1ccc(C(=O)O)cc1S(=O)(=O)N/N=c1/cc(-c2ccc(OC)c(C)c2)n(C)c2ccc(S(=O)(=O)O)cc12. The van der Waals surface area contributed by atoms with Gasteiger partial charge in [-0.05, 0) is 85.1 Å². The van der Waals surface area contributed by atoms with Crippen LogP contribution < -0.4 is 19.7 Å². The first kappa shape index (κ1) is 43.3. The summed E-state index contributed by atoms with van der Waals surface area (Å²) in [5, 5.41) is 14.2. The predicted octanol–water partition coefficient (Wildman–Crippen LogP) is 8.76. The van der Waals surface area contributed by atoms with Crippen molar-refractivity contribution in [2.24, 2.45) is 12.1 Å². The van der Waals surface area contributed by atoms with E-state index in [1.54, 1.807) is 30.9 Å². The normalized spacial score (nSPS) is 12.3. The highest BCUT2D eigenvalue weighted by atomic mass is 32.2. The van der Waals surface area contributed by atoms with Crippen LogP contribution >= 0.6 is 0 Å². The van der Waals surface area contributed by atoms with Crippen molar-refractivity contribution in [3.05, 3.63) is 77.1 Å². The van der Waals surface area contributed by atoms with Gasteiger partial charge in [-0.25, -0.2) is 4.79 Å². The van der Waals surface area contributed by atoms with Crippen LogP contribution in [-0.2, 0) is 27.2 Å². The van der Waals surface area contributed by atoms with Crippen molar-refractivity contribution in [1.29, 1.82) is 0 Å². The van der Waals surface area contributed by atoms with Crippen molar-refractivity contribution >= 4 is 37.0 Å². The van der Waals surface area contributed by atoms with Gasteiger partial charge in [0.1, 0.15) is 16.4 Å². The number of nitrogens with zero attached hydrogens (tertiary/aromatic N) is 2. The van der Waals surface area contributed by atoms with Crippen molar-refractivity contribution < 1.29 is 40.8 Å². The molecule has 3 N–H and O–H groups in total. The number of carboxylic acids is 1. The summed E-state index contributed by atoms with van der Waals surface area (Å²) >= 11 is 0. The molecule has 4 aromatic rings. The van der Waals surface area contributed by atoms with E-state index in [1.165, 1.54) is 94.5 Å². The smallest absolute Gasteiger partial charge is 0.335 e. The first-order valence-corrected chi connectivity index (χ1v) is 22.0. The molecule has 4 rings (SSSR count). The highest BCUT2D eigenvalue weighted by molar-refractivity contribution is 7.89. The Kier molecular flexibility index (Phi) is 16.1. The second-order valence-corrected chi connectivity index (χ2v) is 17.0. The molecule has 14 heteroatoms. The maximum absolute atomic E-state index is 13.8. The number of carbonyl (C=O) groups is 1. The van der Waals surface area contributed by atoms with E-state index in [1.807, 2.05) is 19.1 Å². The van der Waals surface area contributed by atoms with Gasteiger partial charge in [0.15, 0.2) is 0 Å². The number of sulfonamides is 1. The third-order valence-corrected chi connectivity index (χ3v) is 11.8. The van der Waals surface area contributed by atoms with Gasteiger partial charge in [0.25, 0.3) is 20.1 Å². The van der Waals surface area contributed by atoms with Crippen molar-refractivity contribution in [2.45, 2.75) is 114 Å². The number of ether oxygens (including phenoxy) is 2. The van der Waals surface area contributed by atoms with Gasteiger partial charge in [0.05, 0.1) is 40.7 Å². The first-order valence-electron chi connectivity index (χ1n) is 19.1. The molecule has 0 bridgehead atoms. The topological polar surface area (TPSA) is 174 Å². The van der Waals surface area contributed by atoms with Crippen molar-refractivity contribution in [1.82, 2.24) is 9.40 Å². The van der Waals surface area contributed by atoms with Crippen molar-refractivity contribution in [3.8, 4) is 22.8 Å². The molecule has 55 heavy (non-hydrogen) atoms. The summed E-state index contributed by atoms with van der Waals surface area (Å²) in [4.78, 5) is 13.3. The van der Waals surface area contributed by atoms with Gasteiger partial charge in [0, 0.05) is 12.4 Å². The van der Waals surface area contributed by atoms with Crippen molar-refractivity contribution in [3.63, 3.8) is 0 Å². The number of carboxylic acid groups (broad SMARTS) is 1. The highest BCUT2D eigenvalue weighted by Gasteiger charge is 2.22. The van der Waals surface area contributed by atoms with E-state index in [9.17, 15) is 31.3 Å². The predicted molar refractivity (Wildman–Crippen MR) is 215 cm³/mol. The molecule has 1 heterocycles.